The smallest absolute Gasteiger partial charge is 0.324 e. The number of carbonyl (C=O) groups is 2. The first-order valence-electron chi connectivity index (χ1n) is 8.73. The average molecular weight is 494 g/mol. The molecule has 6 nitrogen and oxygen atoms in total. The van der Waals surface area contributed by atoms with Crippen molar-refractivity contribution in [3.05, 3.63) is 57.9 Å². The topological polar surface area (TPSA) is 76.0 Å². The highest BCUT2D eigenvalue weighted by atomic mass is 35.5. The summed E-state index contributed by atoms with van der Waals surface area (Å²) in [6.07, 6.45) is 0.452. The standard InChI is InChI=1S/C19H14Cl3F3N4O2/c1-9(30)26-17-12(21)6-10(7-13(17)22)27-18(31)15-8-16(19(23,24)25)28-29(15)14-5-3-2-4-11(14)20/h2-3,5-8,11H,4H2,1H3,(H,26,30)(H,27,31). The molecule has 1 unspecified atom stereocenters. The van der Waals surface area contributed by atoms with Crippen molar-refractivity contribution in [3.8, 4) is 0 Å². The number of nitrogens with zero attached hydrogens (tertiary/aromatic N) is 2. The number of alkyl halides is 4. The molecule has 0 radical (unpaired) electrons. The number of anilines is 2. The lowest BCUT2D eigenvalue weighted by molar-refractivity contribution is -0.141. The van der Waals surface area contributed by atoms with Crippen molar-refractivity contribution in [3.63, 3.8) is 0 Å². The van der Waals surface area contributed by atoms with E-state index in [4.69, 9.17) is 34.8 Å². The molecule has 0 fully saturated rings. The van der Waals surface area contributed by atoms with Crippen molar-refractivity contribution in [1.82, 2.24) is 9.78 Å². The third kappa shape index (κ3) is 5.23. The molecule has 0 aliphatic heterocycles. The second-order valence-corrected chi connectivity index (χ2v) is 7.84. The van der Waals surface area contributed by atoms with Gasteiger partial charge in [0, 0.05) is 18.7 Å². The average Bonchev–Trinajstić information content (AvgIpc) is 3.11. The summed E-state index contributed by atoms with van der Waals surface area (Å²) in [7, 11) is 0. The Bertz CT molecular complexity index is 1090. The minimum absolute atomic E-state index is 0.0310. The van der Waals surface area contributed by atoms with E-state index >= 15 is 0 Å². The number of halogens is 6. The van der Waals surface area contributed by atoms with E-state index in [1.54, 1.807) is 12.2 Å². The molecule has 1 aromatic heterocycles. The lowest BCUT2D eigenvalue weighted by Crippen LogP contribution is -2.21. The van der Waals surface area contributed by atoms with Crippen LogP contribution in [0.15, 0.2) is 36.4 Å². The fourth-order valence-corrected chi connectivity index (χ4v) is 3.66. The molecule has 2 aromatic rings. The van der Waals surface area contributed by atoms with E-state index in [1.807, 2.05) is 0 Å². The zero-order valence-electron chi connectivity index (χ0n) is 15.7. The van der Waals surface area contributed by atoms with E-state index in [0.29, 0.717) is 12.5 Å². The molecule has 12 heteroatoms. The van der Waals surface area contributed by atoms with Crippen molar-refractivity contribution in [2.24, 2.45) is 0 Å². The number of allylic oxidation sites excluding steroid dienone is 4. The predicted molar refractivity (Wildman–Crippen MR) is 114 cm³/mol. The van der Waals surface area contributed by atoms with Gasteiger partial charge in [0.2, 0.25) is 5.91 Å². The highest BCUT2D eigenvalue weighted by Gasteiger charge is 2.37. The van der Waals surface area contributed by atoms with Crippen LogP contribution < -0.4 is 10.6 Å². The van der Waals surface area contributed by atoms with Crippen molar-refractivity contribution in [1.29, 1.82) is 0 Å². The summed E-state index contributed by atoms with van der Waals surface area (Å²) in [6.45, 7) is 1.26. The molecule has 0 saturated heterocycles. The summed E-state index contributed by atoms with van der Waals surface area (Å²) >= 11 is 18.4. The summed E-state index contributed by atoms with van der Waals surface area (Å²) in [6, 6.07) is 3.23. The molecule has 1 aliphatic rings. The molecule has 0 saturated carbocycles. The van der Waals surface area contributed by atoms with Crippen molar-refractivity contribution < 1.29 is 22.8 Å². The lowest BCUT2D eigenvalue weighted by atomic mass is 10.1. The van der Waals surface area contributed by atoms with Crippen molar-refractivity contribution in [2.45, 2.75) is 24.9 Å². The number of rotatable bonds is 4. The van der Waals surface area contributed by atoms with Crippen LogP contribution in [0.25, 0.3) is 5.70 Å². The van der Waals surface area contributed by atoms with Crippen LogP contribution in [0.4, 0.5) is 24.5 Å². The van der Waals surface area contributed by atoms with Gasteiger partial charge in [-0.1, -0.05) is 35.4 Å². The van der Waals surface area contributed by atoms with Crippen LogP contribution in [0, 0.1) is 0 Å². The first-order valence-corrected chi connectivity index (χ1v) is 9.93. The lowest BCUT2D eigenvalue weighted by Gasteiger charge is -2.18. The molecule has 1 heterocycles. The highest BCUT2D eigenvalue weighted by Crippen LogP contribution is 2.35. The van der Waals surface area contributed by atoms with Gasteiger partial charge in [0.05, 0.1) is 26.8 Å². The fraction of sp³-hybridized carbons (Fsp3) is 0.211. The van der Waals surface area contributed by atoms with Gasteiger partial charge in [0.25, 0.3) is 5.91 Å². The van der Waals surface area contributed by atoms with Gasteiger partial charge in [-0.3, -0.25) is 9.59 Å². The van der Waals surface area contributed by atoms with Crippen LogP contribution in [0.1, 0.15) is 29.5 Å². The Morgan fingerprint density at radius 1 is 1.16 bits per heavy atom. The number of amides is 2. The van der Waals surface area contributed by atoms with Crippen LogP contribution in [-0.2, 0) is 11.0 Å². The third-order valence-corrected chi connectivity index (χ3v) is 5.14. The van der Waals surface area contributed by atoms with Crippen LogP contribution in [0.3, 0.4) is 0 Å². The van der Waals surface area contributed by atoms with Crippen molar-refractivity contribution in [2.75, 3.05) is 10.6 Å². The Hall–Kier alpha value is -2.49. The number of nitrogens with one attached hydrogen (secondary N) is 2. The minimum atomic E-state index is -4.76. The molecule has 164 valence electrons. The van der Waals surface area contributed by atoms with E-state index in [1.165, 1.54) is 25.1 Å². The van der Waals surface area contributed by atoms with Crippen LogP contribution in [0.2, 0.25) is 10.0 Å². The maximum Gasteiger partial charge on any atom is 0.435 e. The largest absolute Gasteiger partial charge is 0.435 e. The molecule has 0 bridgehead atoms. The Labute approximate surface area is 189 Å². The maximum absolute atomic E-state index is 13.2. The van der Waals surface area contributed by atoms with Gasteiger partial charge in [-0.2, -0.15) is 18.3 Å². The quantitative estimate of drug-likeness (QED) is 0.526. The number of benzene rings is 1. The highest BCUT2D eigenvalue weighted by molar-refractivity contribution is 6.40. The Kier molecular flexibility index (Phi) is 6.68. The second-order valence-electron chi connectivity index (χ2n) is 6.50. The van der Waals surface area contributed by atoms with E-state index in [2.05, 4.69) is 15.7 Å². The number of hydrogen-bond donors (Lipinski definition) is 2. The second kappa shape index (κ2) is 8.94. The van der Waals surface area contributed by atoms with Gasteiger partial charge < -0.3 is 10.6 Å². The number of hydrogen-bond acceptors (Lipinski definition) is 3. The number of carbonyl (C=O) groups excluding carboxylic acids is 2. The van der Waals surface area contributed by atoms with Gasteiger partial charge in [-0.25, -0.2) is 4.68 Å². The summed E-state index contributed by atoms with van der Waals surface area (Å²) in [5.74, 6) is -1.30. The molecule has 1 aliphatic carbocycles. The first kappa shape index (κ1) is 23.2. The van der Waals surface area contributed by atoms with Crippen molar-refractivity contribution >= 4 is 63.7 Å². The van der Waals surface area contributed by atoms with Gasteiger partial charge in [0.1, 0.15) is 5.69 Å². The molecule has 3 rings (SSSR count). The molecule has 1 aromatic carbocycles. The zero-order valence-corrected chi connectivity index (χ0v) is 18.0. The van der Waals surface area contributed by atoms with Crippen LogP contribution in [-0.4, -0.2) is 27.0 Å². The zero-order chi connectivity index (χ0) is 22.9. The van der Waals surface area contributed by atoms with E-state index in [-0.39, 0.29) is 32.8 Å². The first-order chi connectivity index (χ1) is 14.5. The molecule has 2 N–H and O–H groups in total. The summed E-state index contributed by atoms with van der Waals surface area (Å²) in [5.41, 5.74) is -1.15. The summed E-state index contributed by atoms with van der Waals surface area (Å²) < 4.78 is 40.6. The van der Waals surface area contributed by atoms with Crippen LogP contribution in [0.5, 0.6) is 0 Å². The minimum Gasteiger partial charge on any atom is -0.324 e. The fourth-order valence-electron chi connectivity index (χ4n) is 2.81. The third-order valence-electron chi connectivity index (χ3n) is 4.15. The molecule has 1 atom stereocenters. The van der Waals surface area contributed by atoms with E-state index < -0.39 is 29.1 Å². The Morgan fingerprint density at radius 2 is 1.81 bits per heavy atom. The molecule has 31 heavy (non-hydrogen) atoms. The summed E-state index contributed by atoms with van der Waals surface area (Å²) in [5, 5.41) is 7.83. The van der Waals surface area contributed by atoms with Gasteiger partial charge in [0.15, 0.2) is 5.69 Å². The molecule has 0 spiro atoms. The maximum atomic E-state index is 13.2. The number of aromatic nitrogens is 2. The van der Waals surface area contributed by atoms with Gasteiger partial charge >= 0.3 is 6.18 Å². The van der Waals surface area contributed by atoms with Gasteiger partial charge in [-0.15, -0.1) is 11.6 Å². The summed E-state index contributed by atoms with van der Waals surface area (Å²) in [4.78, 5) is 24.1. The van der Waals surface area contributed by atoms with E-state index in [9.17, 15) is 22.8 Å². The van der Waals surface area contributed by atoms with Gasteiger partial charge in [-0.05, 0) is 24.6 Å². The SMILES string of the molecule is CC(=O)Nc1c(Cl)cc(NC(=O)c2cc(C(F)(F)F)nn2C2=CC=CCC2Cl)cc1Cl. The van der Waals surface area contributed by atoms with Crippen LogP contribution >= 0.6 is 34.8 Å². The normalized spacial score (nSPS) is 16.1. The Morgan fingerprint density at radius 3 is 2.35 bits per heavy atom. The molecular weight excluding hydrogens is 480 g/mol. The molecular formula is C19H14Cl3F3N4O2. The molecule has 2 amide bonds. The Balaban J connectivity index is 1.98. The predicted octanol–water partition coefficient (Wildman–Crippen LogP) is 5.83. The monoisotopic (exact) mass is 492 g/mol. The van der Waals surface area contributed by atoms with E-state index in [0.717, 1.165) is 4.68 Å².